The van der Waals surface area contributed by atoms with E-state index in [0.717, 1.165) is 0 Å². The van der Waals surface area contributed by atoms with E-state index in [9.17, 15) is 8.42 Å². The molecule has 2 rings (SSSR count). The second-order valence-electron chi connectivity index (χ2n) is 6.09. The van der Waals surface area contributed by atoms with Gasteiger partial charge in [-0.2, -0.15) is 4.31 Å². The summed E-state index contributed by atoms with van der Waals surface area (Å²) in [7, 11) is -3.52. The Morgan fingerprint density at radius 2 is 2.00 bits per heavy atom. The number of benzene rings is 1. The summed E-state index contributed by atoms with van der Waals surface area (Å²) >= 11 is 6.04. The fourth-order valence-electron chi connectivity index (χ4n) is 2.54. The van der Waals surface area contributed by atoms with E-state index in [0.29, 0.717) is 30.1 Å². The van der Waals surface area contributed by atoms with Gasteiger partial charge in [0.05, 0.1) is 4.90 Å². The minimum atomic E-state index is -3.52. The van der Waals surface area contributed by atoms with E-state index in [-0.39, 0.29) is 28.8 Å². The quantitative estimate of drug-likeness (QED) is 0.889. The summed E-state index contributed by atoms with van der Waals surface area (Å²) in [6.07, 6.45) is 0.672. The molecule has 0 aromatic heterocycles. The largest absolute Gasteiger partial charge is 0.327 e. The smallest absolute Gasteiger partial charge is 0.243 e. The Balaban J connectivity index is 0.00000220. The molecular formula is C14H22Cl2N2O2S. The van der Waals surface area contributed by atoms with E-state index in [2.05, 4.69) is 0 Å². The van der Waals surface area contributed by atoms with Crippen molar-refractivity contribution < 1.29 is 8.42 Å². The maximum absolute atomic E-state index is 12.8. The van der Waals surface area contributed by atoms with Crippen LogP contribution in [0.3, 0.4) is 0 Å². The molecule has 0 spiro atoms. The molecule has 1 unspecified atom stereocenters. The third-order valence-corrected chi connectivity index (χ3v) is 6.51. The fraction of sp³-hybridized carbons (Fsp3) is 0.571. The van der Waals surface area contributed by atoms with Crippen LogP contribution >= 0.6 is 24.0 Å². The number of halogens is 2. The second kappa shape index (κ2) is 6.42. The molecular weight excluding hydrogens is 331 g/mol. The van der Waals surface area contributed by atoms with Gasteiger partial charge in [0, 0.05) is 24.2 Å². The molecule has 1 saturated heterocycles. The highest BCUT2D eigenvalue weighted by Crippen LogP contribution is 2.33. The van der Waals surface area contributed by atoms with E-state index < -0.39 is 10.0 Å². The third kappa shape index (κ3) is 3.54. The number of piperidine rings is 1. The van der Waals surface area contributed by atoms with Crippen molar-refractivity contribution in [2.24, 2.45) is 11.1 Å². The summed E-state index contributed by atoms with van der Waals surface area (Å²) in [6, 6.07) is 5.00. The van der Waals surface area contributed by atoms with Crippen LogP contribution in [0.4, 0.5) is 0 Å². The normalized spacial score (nSPS) is 22.6. The Labute approximate surface area is 138 Å². The van der Waals surface area contributed by atoms with Gasteiger partial charge in [0.15, 0.2) is 0 Å². The first-order chi connectivity index (χ1) is 9.16. The third-order valence-electron chi connectivity index (χ3n) is 4.11. The van der Waals surface area contributed by atoms with E-state index in [1.807, 2.05) is 13.8 Å². The molecule has 0 saturated carbocycles. The van der Waals surface area contributed by atoms with Crippen LogP contribution in [0.1, 0.15) is 25.8 Å². The number of nitrogens with zero attached hydrogens (tertiary/aromatic N) is 1. The maximum atomic E-state index is 12.8. The van der Waals surface area contributed by atoms with Crippen LogP contribution in [0.15, 0.2) is 23.1 Å². The topological polar surface area (TPSA) is 63.4 Å². The van der Waals surface area contributed by atoms with Gasteiger partial charge in [-0.3, -0.25) is 0 Å². The lowest BCUT2D eigenvalue weighted by molar-refractivity contribution is 0.155. The van der Waals surface area contributed by atoms with Gasteiger partial charge in [0.2, 0.25) is 10.0 Å². The van der Waals surface area contributed by atoms with Gasteiger partial charge in [-0.05, 0) is 36.5 Å². The van der Waals surface area contributed by atoms with E-state index in [1.54, 1.807) is 25.1 Å². The Morgan fingerprint density at radius 3 is 2.57 bits per heavy atom. The summed E-state index contributed by atoms with van der Waals surface area (Å²) in [5.41, 5.74) is 6.44. The molecule has 120 valence electrons. The lowest BCUT2D eigenvalue weighted by Crippen LogP contribution is -2.53. The summed E-state index contributed by atoms with van der Waals surface area (Å²) in [4.78, 5) is 0.288. The Hall–Kier alpha value is -0.330. The molecule has 2 N–H and O–H groups in total. The number of hydrogen-bond acceptors (Lipinski definition) is 3. The summed E-state index contributed by atoms with van der Waals surface area (Å²) < 4.78 is 27.1. The average molecular weight is 353 g/mol. The van der Waals surface area contributed by atoms with Crippen LogP contribution in [0.5, 0.6) is 0 Å². The summed E-state index contributed by atoms with van der Waals surface area (Å²) in [6.45, 7) is 6.63. The molecule has 4 nitrogen and oxygen atoms in total. The van der Waals surface area contributed by atoms with Gasteiger partial charge in [0.1, 0.15) is 0 Å². The van der Waals surface area contributed by atoms with Gasteiger partial charge in [-0.25, -0.2) is 8.42 Å². The van der Waals surface area contributed by atoms with Crippen molar-refractivity contribution in [2.45, 2.75) is 38.1 Å². The first kappa shape index (κ1) is 18.7. The molecule has 0 radical (unpaired) electrons. The Kier molecular flexibility index (Phi) is 5.73. The van der Waals surface area contributed by atoms with Crippen LogP contribution in [0.25, 0.3) is 0 Å². The highest BCUT2D eigenvalue weighted by Gasteiger charge is 2.39. The minimum absolute atomic E-state index is 0. The van der Waals surface area contributed by atoms with Crippen LogP contribution in [0.2, 0.25) is 5.02 Å². The molecule has 1 aromatic rings. The van der Waals surface area contributed by atoms with Crippen molar-refractivity contribution in [1.82, 2.24) is 4.31 Å². The van der Waals surface area contributed by atoms with Crippen molar-refractivity contribution in [1.29, 1.82) is 0 Å². The van der Waals surface area contributed by atoms with Gasteiger partial charge >= 0.3 is 0 Å². The molecule has 1 heterocycles. The fourth-order valence-corrected chi connectivity index (χ4v) is 4.64. The number of sulfonamides is 1. The van der Waals surface area contributed by atoms with Crippen molar-refractivity contribution in [2.75, 3.05) is 13.1 Å². The number of rotatable bonds is 2. The van der Waals surface area contributed by atoms with Crippen LogP contribution in [-0.4, -0.2) is 31.9 Å². The molecule has 1 aliphatic heterocycles. The van der Waals surface area contributed by atoms with Crippen molar-refractivity contribution in [3.63, 3.8) is 0 Å². The number of nitrogens with two attached hydrogens (primary N) is 1. The predicted octanol–water partition coefficient (Wildman–Crippen LogP) is 2.82. The molecule has 21 heavy (non-hydrogen) atoms. The Morgan fingerprint density at radius 1 is 1.38 bits per heavy atom. The average Bonchev–Trinajstić information content (AvgIpc) is 2.35. The van der Waals surface area contributed by atoms with Gasteiger partial charge < -0.3 is 5.73 Å². The zero-order valence-corrected chi connectivity index (χ0v) is 14.9. The molecule has 7 heteroatoms. The molecule has 0 amide bonds. The van der Waals surface area contributed by atoms with Crippen LogP contribution in [0, 0.1) is 12.3 Å². The molecule has 1 aromatic carbocycles. The number of hydrogen-bond donors (Lipinski definition) is 1. The molecule has 0 aliphatic carbocycles. The van der Waals surface area contributed by atoms with Crippen molar-refractivity contribution in [3.8, 4) is 0 Å². The molecule has 1 atom stereocenters. The standard InChI is InChI=1S/C14H21ClN2O2S.ClH/c1-10-11(15)5-4-6-12(10)20(18,19)17-8-7-13(16)14(2,3)9-17;/h4-6,13H,7-9,16H2,1-3H3;1H. The summed E-state index contributed by atoms with van der Waals surface area (Å²) in [5, 5.41) is 0.471. The zero-order valence-electron chi connectivity index (χ0n) is 12.5. The minimum Gasteiger partial charge on any atom is -0.327 e. The van der Waals surface area contributed by atoms with E-state index >= 15 is 0 Å². The SMILES string of the molecule is Cc1c(Cl)cccc1S(=O)(=O)N1CCC(N)C(C)(C)C1.Cl. The Bertz CT molecular complexity index is 617. The van der Waals surface area contributed by atoms with Gasteiger partial charge in [0.25, 0.3) is 0 Å². The van der Waals surface area contributed by atoms with Gasteiger partial charge in [-0.15, -0.1) is 12.4 Å². The van der Waals surface area contributed by atoms with E-state index in [4.69, 9.17) is 17.3 Å². The monoisotopic (exact) mass is 352 g/mol. The highest BCUT2D eigenvalue weighted by atomic mass is 35.5. The molecule has 1 aliphatic rings. The van der Waals surface area contributed by atoms with Gasteiger partial charge in [-0.1, -0.05) is 31.5 Å². The van der Waals surface area contributed by atoms with Crippen LogP contribution in [-0.2, 0) is 10.0 Å². The van der Waals surface area contributed by atoms with Crippen molar-refractivity contribution in [3.05, 3.63) is 28.8 Å². The summed E-state index contributed by atoms with van der Waals surface area (Å²) in [5.74, 6) is 0. The van der Waals surface area contributed by atoms with Crippen molar-refractivity contribution >= 4 is 34.0 Å². The predicted molar refractivity (Wildman–Crippen MR) is 88.6 cm³/mol. The van der Waals surface area contributed by atoms with Crippen LogP contribution < -0.4 is 5.73 Å². The highest BCUT2D eigenvalue weighted by molar-refractivity contribution is 7.89. The molecule has 1 fully saturated rings. The van der Waals surface area contributed by atoms with E-state index in [1.165, 1.54) is 4.31 Å². The maximum Gasteiger partial charge on any atom is 0.243 e. The zero-order chi connectivity index (χ0) is 15.1. The molecule has 0 bridgehead atoms. The second-order valence-corrected chi connectivity index (χ2v) is 8.40. The first-order valence-corrected chi connectivity index (χ1v) is 8.49. The lowest BCUT2D eigenvalue weighted by atomic mass is 9.81. The first-order valence-electron chi connectivity index (χ1n) is 6.67. The lowest BCUT2D eigenvalue weighted by Gasteiger charge is -2.41.